The van der Waals surface area contributed by atoms with Crippen molar-refractivity contribution in [3.05, 3.63) is 66.6 Å². The molecule has 0 saturated heterocycles. The molecule has 0 fully saturated rings. The maximum Gasteiger partial charge on any atom is 0.132 e. The fraction of sp³-hybridized carbons (Fsp3) is 0. The summed E-state index contributed by atoms with van der Waals surface area (Å²) in [6.07, 6.45) is 1.72. The quantitative estimate of drug-likeness (QED) is 0.688. The molecule has 0 aliphatic carbocycles. The number of rotatable bonds is 2. The second-order valence-electron chi connectivity index (χ2n) is 3.86. The van der Waals surface area contributed by atoms with E-state index < -0.39 is 0 Å². The van der Waals surface area contributed by atoms with Crippen molar-refractivity contribution in [2.24, 2.45) is 0 Å². The first-order chi connectivity index (χ1) is 8.84. The SMILES string of the molecule is Fc1ccccc1-c1cn(-c2ccccc2)nn1. The zero-order chi connectivity index (χ0) is 12.4. The van der Waals surface area contributed by atoms with Crippen molar-refractivity contribution in [3.8, 4) is 16.9 Å². The molecule has 0 atom stereocenters. The van der Waals surface area contributed by atoms with Gasteiger partial charge in [-0.1, -0.05) is 35.5 Å². The molecule has 0 spiro atoms. The van der Waals surface area contributed by atoms with Gasteiger partial charge in [0.05, 0.1) is 11.9 Å². The lowest BCUT2D eigenvalue weighted by atomic mass is 10.1. The van der Waals surface area contributed by atoms with Crippen LogP contribution < -0.4 is 0 Å². The summed E-state index contributed by atoms with van der Waals surface area (Å²) >= 11 is 0. The average Bonchev–Trinajstić information content (AvgIpc) is 2.90. The Kier molecular flexibility index (Phi) is 2.61. The smallest absolute Gasteiger partial charge is 0.132 e. The first-order valence-corrected chi connectivity index (χ1v) is 5.57. The van der Waals surface area contributed by atoms with E-state index in [-0.39, 0.29) is 5.82 Å². The third-order valence-electron chi connectivity index (χ3n) is 2.66. The number of aromatic nitrogens is 3. The second kappa shape index (κ2) is 4.41. The molecule has 1 heterocycles. The summed E-state index contributed by atoms with van der Waals surface area (Å²) in [4.78, 5) is 0. The average molecular weight is 239 g/mol. The molecule has 0 N–H and O–H groups in total. The number of hydrogen-bond acceptors (Lipinski definition) is 2. The lowest BCUT2D eigenvalue weighted by Crippen LogP contribution is -1.93. The molecule has 0 radical (unpaired) electrons. The Labute approximate surface area is 104 Å². The molecule has 0 saturated carbocycles. The monoisotopic (exact) mass is 239 g/mol. The number of hydrogen-bond donors (Lipinski definition) is 0. The van der Waals surface area contributed by atoms with Crippen molar-refractivity contribution >= 4 is 0 Å². The Bertz CT molecular complexity index is 662. The van der Waals surface area contributed by atoms with Crippen molar-refractivity contribution < 1.29 is 4.39 Å². The van der Waals surface area contributed by atoms with Crippen LogP contribution in [0.15, 0.2) is 60.8 Å². The van der Waals surface area contributed by atoms with Gasteiger partial charge < -0.3 is 0 Å². The first-order valence-electron chi connectivity index (χ1n) is 5.57. The normalized spacial score (nSPS) is 10.5. The Balaban J connectivity index is 2.03. The van der Waals surface area contributed by atoms with Gasteiger partial charge in [-0.25, -0.2) is 9.07 Å². The predicted octanol–water partition coefficient (Wildman–Crippen LogP) is 3.07. The molecule has 2 aromatic carbocycles. The van der Waals surface area contributed by atoms with Crippen molar-refractivity contribution in [2.45, 2.75) is 0 Å². The van der Waals surface area contributed by atoms with Gasteiger partial charge in [0.2, 0.25) is 0 Å². The molecule has 3 aromatic rings. The van der Waals surface area contributed by atoms with Crippen LogP contribution in [0.25, 0.3) is 16.9 Å². The fourth-order valence-electron chi connectivity index (χ4n) is 1.76. The summed E-state index contributed by atoms with van der Waals surface area (Å²) in [6.45, 7) is 0. The molecular weight excluding hydrogens is 229 g/mol. The minimum atomic E-state index is -0.294. The van der Waals surface area contributed by atoms with Crippen molar-refractivity contribution in [2.75, 3.05) is 0 Å². The highest BCUT2D eigenvalue weighted by Crippen LogP contribution is 2.20. The topological polar surface area (TPSA) is 30.7 Å². The Morgan fingerprint density at radius 3 is 2.39 bits per heavy atom. The van der Waals surface area contributed by atoms with E-state index >= 15 is 0 Å². The van der Waals surface area contributed by atoms with E-state index in [1.54, 1.807) is 29.1 Å². The van der Waals surface area contributed by atoms with E-state index in [0.29, 0.717) is 11.3 Å². The van der Waals surface area contributed by atoms with Gasteiger partial charge in [0, 0.05) is 5.56 Å². The number of nitrogens with zero attached hydrogens (tertiary/aromatic N) is 3. The minimum Gasteiger partial charge on any atom is -0.220 e. The number of benzene rings is 2. The fourth-order valence-corrected chi connectivity index (χ4v) is 1.76. The molecule has 0 amide bonds. The molecular formula is C14H10FN3. The summed E-state index contributed by atoms with van der Waals surface area (Å²) in [6, 6.07) is 16.1. The van der Waals surface area contributed by atoms with Crippen molar-refractivity contribution in [1.29, 1.82) is 0 Å². The van der Waals surface area contributed by atoms with Crippen LogP contribution in [0.4, 0.5) is 4.39 Å². The Morgan fingerprint density at radius 2 is 1.61 bits per heavy atom. The van der Waals surface area contributed by atoms with Gasteiger partial charge in [0.25, 0.3) is 0 Å². The van der Waals surface area contributed by atoms with E-state index in [1.807, 2.05) is 30.3 Å². The molecule has 0 aliphatic rings. The maximum absolute atomic E-state index is 13.6. The number of para-hydroxylation sites is 1. The molecule has 0 unspecified atom stereocenters. The van der Waals surface area contributed by atoms with Crippen molar-refractivity contribution in [3.63, 3.8) is 0 Å². The third kappa shape index (κ3) is 1.88. The van der Waals surface area contributed by atoms with E-state index in [1.165, 1.54) is 6.07 Å². The molecule has 0 bridgehead atoms. The molecule has 18 heavy (non-hydrogen) atoms. The van der Waals surface area contributed by atoms with Gasteiger partial charge in [-0.15, -0.1) is 5.10 Å². The maximum atomic E-state index is 13.6. The first kappa shape index (κ1) is 10.7. The largest absolute Gasteiger partial charge is 0.220 e. The highest BCUT2D eigenvalue weighted by atomic mass is 19.1. The summed E-state index contributed by atoms with van der Waals surface area (Å²) < 4.78 is 15.2. The van der Waals surface area contributed by atoms with Gasteiger partial charge in [-0.2, -0.15) is 0 Å². The van der Waals surface area contributed by atoms with Gasteiger partial charge >= 0.3 is 0 Å². The standard InChI is InChI=1S/C14H10FN3/c15-13-9-5-4-8-12(13)14-10-18(17-16-14)11-6-2-1-3-7-11/h1-10H. The van der Waals surface area contributed by atoms with E-state index in [2.05, 4.69) is 10.3 Å². The van der Waals surface area contributed by atoms with Crippen LogP contribution in [0.2, 0.25) is 0 Å². The summed E-state index contributed by atoms with van der Waals surface area (Å²) in [5.74, 6) is -0.294. The molecule has 88 valence electrons. The zero-order valence-corrected chi connectivity index (χ0v) is 9.49. The second-order valence-corrected chi connectivity index (χ2v) is 3.86. The van der Waals surface area contributed by atoms with E-state index in [4.69, 9.17) is 0 Å². The molecule has 3 nitrogen and oxygen atoms in total. The third-order valence-corrected chi connectivity index (χ3v) is 2.66. The van der Waals surface area contributed by atoms with Crippen LogP contribution >= 0.6 is 0 Å². The highest BCUT2D eigenvalue weighted by molar-refractivity contribution is 5.58. The van der Waals surface area contributed by atoms with Gasteiger partial charge in [0.1, 0.15) is 11.5 Å². The van der Waals surface area contributed by atoms with Crippen LogP contribution in [0.3, 0.4) is 0 Å². The molecule has 4 heteroatoms. The van der Waals surface area contributed by atoms with Crippen LogP contribution in [-0.2, 0) is 0 Å². The van der Waals surface area contributed by atoms with Crippen LogP contribution in [0.5, 0.6) is 0 Å². The predicted molar refractivity (Wildman–Crippen MR) is 66.8 cm³/mol. The lowest BCUT2D eigenvalue weighted by Gasteiger charge is -1.98. The molecule has 0 aliphatic heterocycles. The minimum absolute atomic E-state index is 0.294. The van der Waals surface area contributed by atoms with Crippen LogP contribution in [0, 0.1) is 5.82 Å². The van der Waals surface area contributed by atoms with Gasteiger partial charge in [0.15, 0.2) is 0 Å². The summed E-state index contributed by atoms with van der Waals surface area (Å²) in [5.41, 5.74) is 1.88. The highest BCUT2D eigenvalue weighted by Gasteiger charge is 2.08. The lowest BCUT2D eigenvalue weighted by molar-refractivity contribution is 0.630. The number of halogens is 1. The molecule has 1 aromatic heterocycles. The summed E-state index contributed by atoms with van der Waals surface area (Å²) in [7, 11) is 0. The van der Waals surface area contributed by atoms with Crippen LogP contribution in [-0.4, -0.2) is 15.0 Å². The summed E-state index contributed by atoms with van der Waals surface area (Å²) in [5, 5.41) is 8.00. The Hall–Kier alpha value is -2.49. The van der Waals surface area contributed by atoms with Crippen LogP contribution in [0.1, 0.15) is 0 Å². The Morgan fingerprint density at radius 1 is 0.889 bits per heavy atom. The van der Waals surface area contributed by atoms with E-state index in [9.17, 15) is 4.39 Å². The van der Waals surface area contributed by atoms with Crippen molar-refractivity contribution in [1.82, 2.24) is 15.0 Å². The van der Waals surface area contributed by atoms with E-state index in [0.717, 1.165) is 5.69 Å². The van der Waals surface area contributed by atoms with Gasteiger partial charge in [-0.3, -0.25) is 0 Å². The van der Waals surface area contributed by atoms with Gasteiger partial charge in [-0.05, 0) is 24.3 Å². The zero-order valence-electron chi connectivity index (χ0n) is 9.49. The molecule has 3 rings (SSSR count).